The molecule has 0 radical (unpaired) electrons. The number of thiophene rings is 1. The van der Waals surface area contributed by atoms with E-state index in [0.717, 1.165) is 40.8 Å². The first kappa shape index (κ1) is 21.4. The third kappa shape index (κ3) is 4.81. The lowest BCUT2D eigenvalue weighted by Crippen LogP contribution is -2.22. The molecule has 6 heteroatoms. The number of hydrogen-bond acceptors (Lipinski definition) is 5. The van der Waals surface area contributed by atoms with Crippen molar-refractivity contribution in [2.75, 3.05) is 18.5 Å². The topological polar surface area (TPSA) is 64.6 Å². The number of fused-ring (bicyclic) bond motifs is 1. The Balaban J connectivity index is 1.74. The van der Waals surface area contributed by atoms with Crippen LogP contribution in [0.3, 0.4) is 0 Å². The second-order valence-electron chi connectivity index (χ2n) is 8.37. The van der Waals surface area contributed by atoms with Crippen molar-refractivity contribution in [3.05, 3.63) is 45.3 Å². The maximum Gasteiger partial charge on any atom is 0.341 e. The predicted octanol–water partition coefficient (Wildman–Crippen LogP) is 5.04. The zero-order valence-electron chi connectivity index (χ0n) is 17.8. The Morgan fingerprint density at radius 3 is 2.66 bits per heavy atom. The lowest BCUT2D eigenvalue weighted by molar-refractivity contribution is -0.118. The summed E-state index contributed by atoms with van der Waals surface area (Å²) < 4.78 is 11.1. The number of amides is 1. The molecule has 0 unspecified atom stereocenters. The van der Waals surface area contributed by atoms with Gasteiger partial charge < -0.3 is 14.8 Å². The molecule has 156 valence electrons. The molecule has 0 atom stereocenters. The summed E-state index contributed by atoms with van der Waals surface area (Å²) in [4.78, 5) is 26.2. The molecule has 0 fully saturated rings. The van der Waals surface area contributed by atoms with Crippen molar-refractivity contribution in [1.29, 1.82) is 0 Å². The quantitative estimate of drug-likeness (QED) is 0.672. The van der Waals surface area contributed by atoms with Gasteiger partial charge in [0.15, 0.2) is 6.61 Å². The fourth-order valence-electron chi connectivity index (χ4n) is 3.57. The third-order valence-electron chi connectivity index (χ3n) is 4.96. The molecule has 5 nitrogen and oxygen atoms in total. The summed E-state index contributed by atoms with van der Waals surface area (Å²) in [5.74, 6) is 0.0603. The number of hydrogen-bond donors (Lipinski definition) is 1. The molecular weight excluding hydrogens is 386 g/mol. The number of carbonyl (C=O) groups excluding carboxylic acids is 2. The van der Waals surface area contributed by atoms with Gasteiger partial charge in [-0.2, -0.15) is 0 Å². The van der Waals surface area contributed by atoms with E-state index in [1.807, 2.05) is 19.1 Å². The van der Waals surface area contributed by atoms with E-state index < -0.39 is 0 Å². The number of ether oxygens (including phenoxy) is 2. The Kier molecular flexibility index (Phi) is 6.32. The summed E-state index contributed by atoms with van der Waals surface area (Å²) in [6.07, 6.45) is 2.83. The summed E-state index contributed by atoms with van der Waals surface area (Å²) in [7, 11) is 0. The summed E-state index contributed by atoms with van der Waals surface area (Å²) in [6.45, 7) is 10.4. The standard InChI is InChI=1S/C23H29NO4S/c1-6-27-22(26)20-15-8-7-9-18(15)29-21(20)24-19(25)13-28-17-11-10-14(2)12-16(17)23(3,4)5/h10-12H,6-9,13H2,1-5H3,(H,24,25). The van der Waals surface area contributed by atoms with Crippen LogP contribution in [-0.2, 0) is 27.8 Å². The zero-order valence-corrected chi connectivity index (χ0v) is 18.6. The number of rotatable bonds is 6. The highest BCUT2D eigenvalue weighted by molar-refractivity contribution is 7.17. The number of esters is 1. The van der Waals surface area contributed by atoms with Crippen LogP contribution in [0.5, 0.6) is 5.75 Å². The number of benzene rings is 1. The van der Waals surface area contributed by atoms with Gasteiger partial charge >= 0.3 is 5.97 Å². The Hall–Kier alpha value is -2.34. The lowest BCUT2D eigenvalue weighted by Gasteiger charge is -2.23. The van der Waals surface area contributed by atoms with Gasteiger partial charge in [0.2, 0.25) is 0 Å². The van der Waals surface area contributed by atoms with Gasteiger partial charge in [-0.25, -0.2) is 4.79 Å². The second-order valence-corrected chi connectivity index (χ2v) is 9.47. The van der Waals surface area contributed by atoms with Crippen LogP contribution in [0.25, 0.3) is 0 Å². The first-order valence-corrected chi connectivity index (χ1v) is 10.9. The third-order valence-corrected chi connectivity index (χ3v) is 6.16. The number of nitrogens with one attached hydrogen (secondary N) is 1. The van der Waals surface area contributed by atoms with Gasteiger partial charge in [0, 0.05) is 4.88 Å². The van der Waals surface area contributed by atoms with Crippen LogP contribution in [0, 0.1) is 6.92 Å². The molecule has 29 heavy (non-hydrogen) atoms. The maximum absolute atomic E-state index is 12.6. The van der Waals surface area contributed by atoms with Gasteiger partial charge in [0.25, 0.3) is 5.91 Å². The van der Waals surface area contributed by atoms with Crippen LogP contribution < -0.4 is 10.1 Å². The molecule has 2 aromatic rings. The van der Waals surface area contributed by atoms with Crippen molar-refractivity contribution in [1.82, 2.24) is 0 Å². The smallest absolute Gasteiger partial charge is 0.341 e. The molecule has 1 heterocycles. The van der Waals surface area contributed by atoms with Crippen LogP contribution in [0.15, 0.2) is 18.2 Å². The monoisotopic (exact) mass is 415 g/mol. The second kappa shape index (κ2) is 8.57. The minimum Gasteiger partial charge on any atom is -0.483 e. The summed E-state index contributed by atoms with van der Waals surface area (Å²) in [6, 6.07) is 5.98. The molecule has 1 amide bonds. The molecule has 0 saturated carbocycles. The zero-order chi connectivity index (χ0) is 21.2. The molecule has 1 aliphatic rings. The van der Waals surface area contributed by atoms with E-state index in [0.29, 0.717) is 22.9 Å². The predicted molar refractivity (Wildman–Crippen MR) is 116 cm³/mol. The van der Waals surface area contributed by atoms with E-state index in [-0.39, 0.29) is 23.9 Å². The van der Waals surface area contributed by atoms with Crippen LogP contribution in [0.1, 0.15) is 66.0 Å². The highest BCUT2D eigenvalue weighted by Crippen LogP contribution is 2.39. The van der Waals surface area contributed by atoms with E-state index >= 15 is 0 Å². The van der Waals surface area contributed by atoms with Gasteiger partial charge in [-0.1, -0.05) is 38.5 Å². The molecule has 0 saturated heterocycles. The molecule has 0 bridgehead atoms. The van der Waals surface area contributed by atoms with Gasteiger partial charge in [-0.15, -0.1) is 11.3 Å². The van der Waals surface area contributed by atoms with Crippen molar-refractivity contribution in [2.24, 2.45) is 0 Å². The molecule has 1 aromatic heterocycles. The molecule has 1 N–H and O–H groups in total. The van der Waals surface area contributed by atoms with E-state index in [4.69, 9.17) is 9.47 Å². The Labute approximate surface area is 176 Å². The maximum atomic E-state index is 12.6. The number of carbonyl (C=O) groups is 2. The molecule has 0 spiro atoms. The van der Waals surface area contributed by atoms with Gasteiger partial charge in [0.1, 0.15) is 10.8 Å². The number of aryl methyl sites for hydroxylation is 2. The van der Waals surface area contributed by atoms with Crippen molar-refractivity contribution in [3.63, 3.8) is 0 Å². The van der Waals surface area contributed by atoms with Crippen LogP contribution >= 0.6 is 11.3 Å². The first-order chi connectivity index (χ1) is 13.7. The van der Waals surface area contributed by atoms with E-state index in [2.05, 4.69) is 32.2 Å². The average Bonchev–Trinajstić information content (AvgIpc) is 3.20. The van der Waals surface area contributed by atoms with Gasteiger partial charge in [-0.3, -0.25) is 4.79 Å². The minimum absolute atomic E-state index is 0.0938. The van der Waals surface area contributed by atoms with Crippen molar-refractivity contribution in [3.8, 4) is 5.75 Å². The normalized spacial score (nSPS) is 13.1. The van der Waals surface area contributed by atoms with Gasteiger partial charge in [-0.05, 0) is 55.7 Å². The van der Waals surface area contributed by atoms with Crippen LogP contribution in [0.2, 0.25) is 0 Å². The van der Waals surface area contributed by atoms with E-state index in [9.17, 15) is 9.59 Å². The van der Waals surface area contributed by atoms with Crippen LogP contribution in [-0.4, -0.2) is 25.1 Å². The lowest BCUT2D eigenvalue weighted by atomic mass is 9.85. The summed E-state index contributed by atoms with van der Waals surface area (Å²) in [5.41, 5.74) is 3.66. The molecule has 1 aliphatic carbocycles. The Morgan fingerprint density at radius 2 is 1.97 bits per heavy atom. The fraction of sp³-hybridized carbons (Fsp3) is 0.478. The van der Waals surface area contributed by atoms with Crippen molar-refractivity contribution >= 4 is 28.2 Å². The largest absolute Gasteiger partial charge is 0.483 e. The molecule has 0 aliphatic heterocycles. The van der Waals surface area contributed by atoms with Crippen molar-refractivity contribution in [2.45, 2.75) is 59.3 Å². The number of anilines is 1. The Morgan fingerprint density at radius 1 is 1.21 bits per heavy atom. The summed E-state index contributed by atoms with van der Waals surface area (Å²) in [5, 5.41) is 3.44. The highest BCUT2D eigenvalue weighted by Gasteiger charge is 2.28. The molecule has 3 rings (SSSR count). The summed E-state index contributed by atoms with van der Waals surface area (Å²) >= 11 is 1.47. The Bertz CT molecular complexity index is 924. The average molecular weight is 416 g/mol. The van der Waals surface area contributed by atoms with Crippen molar-refractivity contribution < 1.29 is 19.1 Å². The SMILES string of the molecule is CCOC(=O)c1c(NC(=O)COc2ccc(C)cc2C(C)(C)C)sc2c1CCC2. The fourth-order valence-corrected chi connectivity index (χ4v) is 4.87. The van der Waals surface area contributed by atoms with Gasteiger partial charge in [0.05, 0.1) is 12.2 Å². The minimum atomic E-state index is -0.364. The van der Waals surface area contributed by atoms with E-state index in [1.165, 1.54) is 11.3 Å². The van der Waals surface area contributed by atoms with E-state index in [1.54, 1.807) is 6.92 Å². The molecular formula is C23H29NO4S. The molecule has 1 aromatic carbocycles. The highest BCUT2D eigenvalue weighted by atomic mass is 32.1. The van der Waals surface area contributed by atoms with Crippen LogP contribution in [0.4, 0.5) is 5.00 Å². The first-order valence-electron chi connectivity index (χ1n) is 10.1.